The molecule has 0 saturated heterocycles. The lowest BCUT2D eigenvalue weighted by molar-refractivity contribution is 0.297. The van der Waals surface area contributed by atoms with Crippen LogP contribution in [0.2, 0.25) is 0 Å². The van der Waals surface area contributed by atoms with E-state index in [1.165, 1.54) is 12.8 Å². The predicted molar refractivity (Wildman–Crippen MR) is 73.0 cm³/mol. The summed E-state index contributed by atoms with van der Waals surface area (Å²) in [6.07, 6.45) is 6.59. The van der Waals surface area contributed by atoms with Crippen LogP contribution in [0.3, 0.4) is 0 Å². The average molecular weight is 300 g/mol. The van der Waals surface area contributed by atoms with Gasteiger partial charge in [-0.3, -0.25) is 0 Å². The van der Waals surface area contributed by atoms with Crippen molar-refractivity contribution >= 4 is 27.4 Å². The largest absolute Gasteiger partial charge is 0.396 e. The second-order valence-corrected chi connectivity index (χ2v) is 5.34. The normalized spacial score (nSPS) is 16.4. The number of nitrogens with two attached hydrogens (primary N) is 1. The molecule has 1 aliphatic rings. The van der Waals surface area contributed by atoms with Crippen molar-refractivity contribution in [1.29, 1.82) is 0 Å². The molecule has 94 valence electrons. The highest BCUT2D eigenvalue weighted by Gasteiger charge is 2.24. The topological polar surface area (TPSA) is 62.4 Å². The van der Waals surface area contributed by atoms with Gasteiger partial charge in [0.15, 0.2) is 5.82 Å². The highest BCUT2D eigenvalue weighted by Crippen LogP contribution is 2.31. The maximum Gasteiger partial charge on any atom is 0.152 e. The number of rotatable bonds is 4. The molecule has 0 radical (unpaired) electrons. The second-order valence-electron chi connectivity index (χ2n) is 4.42. The maximum absolute atomic E-state index is 9.18. The minimum Gasteiger partial charge on any atom is -0.396 e. The fourth-order valence-electron chi connectivity index (χ4n) is 2.47. The first-order valence-electron chi connectivity index (χ1n) is 6.01. The number of aliphatic hydroxyl groups is 1. The van der Waals surface area contributed by atoms with E-state index >= 15 is 0 Å². The van der Waals surface area contributed by atoms with Crippen LogP contribution in [0.1, 0.15) is 25.7 Å². The summed E-state index contributed by atoms with van der Waals surface area (Å²) in [6, 6.07) is 2.33. The lowest BCUT2D eigenvalue weighted by atomic mass is 10.2. The van der Waals surface area contributed by atoms with Crippen molar-refractivity contribution in [3.63, 3.8) is 0 Å². The molecule has 0 aromatic carbocycles. The van der Waals surface area contributed by atoms with Gasteiger partial charge in [-0.15, -0.1) is 0 Å². The van der Waals surface area contributed by atoms with Gasteiger partial charge in [0.25, 0.3) is 0 Å². The van der Waals surface area contributed by atoms with Gasteiger partial charge in [0, 0.05) is 23.3 Å². The molecule has 3 N–H and O–H groups in total. The molecule has 0 spiro atoms. The fraction of sp³-hybridized carbons (Fsp3) is 0.583. The summed E-state index contributed by atoms with van der Waals surface area (Å²) in [7, 11) is 0. The number of pyridine rings is 1. The van der Waals surface area contributed by atoms with E-state index in [0.717, 1.165) is 23.1 Å². The molecule has 0 aliphatic heterocycles. The Labute approximate surface area is 110 Å². The Kier molecular flexibility index (Phi) is 4.23. The third kappa shape index (κ3) is 2.90. The first kappa shape index (κ1) is 12.6. The highest BCUT2D eigenvalue weighted by atomic mass is 79.9. The Morgan fingerprint density at radius 3 is 2.76 bits per heavy atom. The molecule has 4 nitrogen and oxygen atoms in total. The minimum absolute atomic E-state index is 0.133. The molecule has 0 bridgehead atoms. The molecule has 1 heterocycles. The Morgan fingerprint density at radius 2 is 2.18 bits per heavy atom. The van der Waals surface area contributed by atoms with Gasteiger partial charge in [-0.25, -0.2) is 4.98 Å². The van der Waals surface area contributed by atoms with Crippen molar-refractivity contribution in [2.24, 2.45) is 0 Å². The zero-order chi connectivity index (χ0) is 12.3. The van der Waals surface area contributed by atoms with Crippen LogP contribution in [0, 0.1) is 0 Å². The van der Waals surface area contributed by atoms with Crippen molar-refractivity contribution in [2.75, 3.05) is 23.8 Å². The van der Waals surface area contributed by atoms with Crippen LogP contribution >= 0.6 is 15.9 Å². The number of nitrogen functional groups attached to an aromatic ring is 1. The zero-order valence-corrected chi connectivity index (χ0v) is 11.4. The van der Waals surface area contributed by atoms with Gasteiger partial charge < -0.3 is 15.7 Å². The first-order chi connectivity index (χ1) is 8.22. The van der Waals surface area contributed by atoms with E-state index < -0.39 is 0 Å². The van der Waals surface area contributed by atoms with Gasteiger partial charge in [-0.05, 0) is 34.8 Å². The Balaban J connectivity index is 2.24. The summed E-state index contributed by atoms with van der Waals surface area (Å²) in [5, 5.41) is 9.18. The number of halogens is 1. The number of hydrogen-bond acceptors (Lipinski definition) is 4. The molecular formula is C12H18BrN3O. The van der Waals surface area contributed by atoms with Crippen molar-refractivity contribution in [3.8, 4) is 0 Å². The molecule has 1 aromatic rings. The van der Waals surface area contributed by atoms with Gasteiger partial charge in [0.1, 0.15) is 0 Å². The van der Waals surface area contributed by atoms with Crippen molar-refractivity contribution in [3.05, 3.63) is 16.7 Å². The number of nitrogens with zero attached hydrogens (tertiary/aromatic N) is 2. The smallest absolute Gasteiger partial charge is 0.152 e. The molecule has 0 atom stereocenters. The summed E-state index contributed by atoms with van der Waals surface area (Å²) < 4.78 is 0.883. The minimum atomic E-state index is 0.133. The zero-order valence-electron chi connectivity index (χ0n) is 9.77. The highest BCUT2D eigenvalue weighted by molar-refractivity contribution is 9.10. The Morgan fingerprint density at radius 1 is 1.47 bits per heavy atom. The molecular weight excluding hydrogens is 282 g/mol. The number of aromatic nitrogens is 1. The van der Waals surface area contributed by atoms with Gasteiger partial charge in [-0.1, -0.05) is 12.8 Å². The summed E-state index contributed by atoms with van der Waals surface area (Å²) in [4.78, 5) is 6.53. The van der Waals surface area contributed by atoms with Gasteiger partial charge in [0.2, 0.25) is 0 Å². The third-order valence-electron chi connectivity index (χ3n) is 3.24. The predicted octanol–water partition coefficient (Wildman–Crippen LogP) is 2.17. The summed E-state index contributed by atoms with van der Waals surface area (Å²) in [5.41, 5.74) is 6.67. The molecule has 0 amide bonds. The molecule has 2 rings (SSSR count). The van der Waals surface area contributed by atoms with Crippen LogP contribution in [-0.4, -0.2) is 29.3 Å². The second kappa shape index (κ2) is 5.69. The Bertz CT molecular complexity index is 380. The fourth-order valence-corrected chi connectivity index (χ4v) is 2.82. The lowest BCUT2D eigenvalue weighted by Gasteiger charge is -2.30. The number of hydrogen-bond donors (Lipinski definition) is 2. The molecule has 1 saturated carbocycles. The molecule has 17 heavy (non-hydrogen) atoms. The summed E-state index contributed by atoms with van der Waals surface area (Å²) in [6.45, 7) is 0.733. The van der Waals surface area contributed by atoms with E-state index in [4.69, 9.17) is 5.73 Å². The lowest BCUT2D eigenvalue weighted by Crippen LogP contribution is -2.36. The van der Waals surface area contributed by atoms with Crippen LogP contribution < -0.4 is 10.6 Å². The Hall–Kier alpha value is -0.810. The summed E-state index contributed by atoms with van der Waals surface area (Å²) >= 11 is 3.36. The number of anilines is 2. The van der Waals surface area contributed by atoms with E-state index in [1.54, 1.807) is 6.20 Å². The van der Waals surface area contributed by atoms with Crippen molar-refractivity contribution in [2.45, 2.75) is 31.7 Å². The van der Waals surface area contributed by atoms with Crippen molar-refractivity contribution < 1.29 is 5.11 Å². The van der Waals surface area contributed by atoms with Gasteiger partial charge in [0.05, 0.1) is 12.3 Å². The SMILES string of the molecule is Nc1cc(Br)cnc1N(CCO)C1CCCC1. The van der Waals surface area contributed by atoms with Crippen LogP contribution in [0.4, 0.5) is 11.5 Å². The van der Waals surface area contributed by atoms with E-state index in [2.05, 4.69) is 25.8 Å². The van der Waals surface area contributed by atoms with Gasteiger partial charge in [-0.2, -0.15) is 0 Å². The van der Waals surface area contributed by atoms with Crippen molar-refractivity contribution in [1.82, 2.24) is 4.98 Å². The van der Waals surface area contributed by atoms with Crippen LogP contribution in [0.15, 0.2) is 16.7 Å². The first-order valence-corrected chi connectivity index (χ1v) is 6.80. The van der Waals surface area contributed by atoms with E-state index in [0.29, 0.717) is 18.3 Å². The summed E-state index contributed by atoms with van der Waals surface area (Å²) in [5.74, 6) is 0.800. The van der Waals surface area contributed by atoms with Crippen LogP contribution in [0.5, 0.6) is 0 Å². The molecule has 1 aliphatic carbocycles. The quantitative estimate of drug-likeness (QED) is 0.894. The standard InChI is InChI=1S/C12H18BrN3O/c13-9-7-11(14)12(15-8-9)16(5-6-17)10-3-1-2-4-10/h7-8,10,17H,1-6,14H2. The molecule has 1 aromatic heterocycles. The van der Waals surface area contributed by atoms with E-state index in [9.17, 15) is 5.11 Å². The van der Waals surface area contributed by atoms with Gasteiger partial charge >= 0.3 is 0 Å². The van der Waals surface area contributed by atoms with E-state index in [-0.39, 0.29) is 6.61 Å². The van der Waals surface area contributed by atoms with Crippen LogP contribution in [-0.2, 0) is 0 Å². The molecule has 0 unspecified atom stereocenters. The van der Waals surface area contributed by atoms with Crippen LogP contribution in [0.25, 0.3) is 0 Å². The van der Waals surface area contributed by atoms with E-state index in [1.807, 2.05) is 6.07 Å². The number of aliphatic hydroxyl groups excluding tert-OH is 1. The average Bonchev–Trinajstić information content (AvgIpc) is 2.80. The third-order valence-corrected chi connectivity index (χ3v) is 3.67. The molecule has 5 heteroatoms. The maximum atomic E-state index is 9.18. The molecule has 1 fully saturated rings. The monoisotopic (exact) mass is 299 g/mol.